The Bertz CT molecular complexity index is 314. The Morgan fingerprint density at radius 1 is 1.28 bits per heavy atom. The van der Waals surface area contributed by atoms with Crippen LogP contribution >= 0.6 is 0 Å². The van der Waals surface area contributed by atoms with E-state index in [0.717, 1.165) is 6.92 Å². The van der Waals surface area contributed by atoms with Gasteiger partial charge in [-0.1, -0.05) is 0 Å². The van der Waals surface area contributed by atoms with Crippen molar-refractivity contribution in [1.29, 1.82) is 0 Å². The molecular weight excluding hydrogens is 246 g/mol. The minimum Gasteiger partial charge on any atom is -0.479 e. The van der Waals surface area contributed by atoms with Gasteiger partial charge in [-0.15, -0.1) is 0 Å². The third-order valence-corrected chi connectivity index (χ3v) is 2.40. The predicted octanol–water partition coefficient (Wildman–Crippen LogP) is -1.32. The van der Waals surface area contributed by atoms with Gasteiger partial charge in [0.1, 0.15) is 0 Å². The molecule has 0 heterocycles. The van der Waals surface area contributed by atoms with Gasteiger partial charge in [-0.25, -0.2) is 9.59 Å². The minimum atomic E-state index is -2.22. The highest BCUT2D eigenvalue weighted by Crippen LogP contribution is 2.07. The lowest BCUT2D eigenvalue weighted by molar-refractivity contribution is -0.159. The average molecular weight is 263 g/mol. The van der Waals surface area contributed by atoms with Crippen molar-refractivity contribution in [3.8, 4) is 0 Å². The molecule has 0 saturated carbocycles. The van der Waals surface area contributed by atoms with Crippen LogP contribution in [-0.4, -0.2) is 58.5 Å². The maximum Gasteiger partial charge on any atom is 0.335 e. The first-order chi connectivity index (χ1) is 8.29. The van der Waals surface area contributed by atoms with Gasteiger partial charge in [0.25, 0.3) is 0 Å². The fourth-order valence-corrected chi connectivity index (χ4v) is 1.05. The quantitative estimate of drug-likeness (QED) is 0.313. The number of hydrogen-bond acceptors (Lipinski definition) is 6. The van der Waals surface area contributed by atoms with Crippen molar-refractivity contribution in [3.63, 3.8) is 0 Å². The van der Waals surface area contributed by atoms with E-state index in [1.165, 1.54) is 0 Å². The first-order valence-corrected chi connectivity index (χ1v) is 5.28. The number of carboxylic acid groups (broad SMARTS) is 2. The largest absolute Gasteiger partial charge is 0.479 e. The van der Waals surface area contributed by atoms with E-state index in [0.29, 0.717) is 0 Å². The summed E-state index contributed by atoms with van der Waals surface area (Å²) in [6, 6.07) is 0. The van der Waals surface area contributed by atoms with Crippen molar-refractivity contribution >= 4 is 17.9 Å². The number of esters is 1. The Morgan fingerprint density at radius 2 is 1.78 bits per heavy atom. The van der Waals surface area contributed by atoms with Gasteiger partial charge in [-0.2, -0.15) is 0 Å². The topological polar surface area (TPSA) is 133 Å². The van der Waals surface area contributed by atoms with Crippen LogP contribution in [0.15, 0.2) is 0 Å². The molecule has 4 N–H and O–H groups in total. The average Bonchev–Trinajstić information content (AvgIpc) is 2.29. The molecule has 0 fully saturated rings. The number of aliphatic carboxylic acids is 2. The third kappa shape index (κ3) is 3.97. The van der Waals surface area contributed by atoms with Crippen LogP contribution in [0.25, 0.3) is 0 Å². The molecule has 0 saturated heterocycles. The maximum absolute atomic E-state index is 11.3. The number of nitrogens with one attached hydrogen (secondary N) is 1. The van der Waals surface area contributed by atoms with E-state index in [2.05, 4.69) is 10.1 Å². The molecule has 8 nitrogen and oxygen atoms in total. The molecule has 0 aromatic heterocycles. The number of aliphatic hydroxyl groups is 1. The zero-order valence-corrected chi connectivity index (χ0v) is 10.2. The number of aliphatic hydroxyl groups excluding tert-OH is 1. The summed E-state index contributed by atoms with van der Waals surface area (Å²) in [6.45, 7) is 1.77. The summed E-state index contributed by atoms with van der Waals surface area (Å²) in [6.07, 6.45) is 0. The van der Waals surface area contributed by atoms with Crippen LogP contribution in [-0.2, 0) is 19.1 Å². The van der Waals surface area contributed by atoms with E-state index in [9.17, 15) is 14.4 Å². The second kappa shape index (κ2) is 6.92. The Hall–Kier alpha value is -1.67. The molecule has 8 heteroatoms. The molecule has 0 aromatic rings. The molecular formula is C10H17NO7. The van der Waals surface area contributed by atoms with Crippen LogP contribution in [0.2, 0.25) is 0 Å². The fourth-order valence-electron chi connectivity index (χ4n) is 1.05. The van der Waals surface area contributed by atoms with Gasteiger partial charge in [0.2, 0.25) is 5.54 Å². The summed E-state index contributed by atoms with van der Waals surface area (Å²) < 4.78 is 4.65. The molecule has 0 radical (unpaired) electrons. The van der Waals surface area contributed by atoms with E-state index < -0.39 is 36.0 Å². The molecule has 0 amide bonds. The molecule has 0 aliphatic rings. The Morgan fingerprint density at radius 3 is 2.11 bits per heavy atom. The van der Waals surface area contributed by atoms with Crippen LogP contribution in [0.5, 0.6) is 0 Å². The Labute approximate surface area is 104 Å². The van der Waals surface area contributed by atoms with Crippen LogP contribution in [0, 0.1) is 5.92 Å². The van der Waals surface area contributed by atoms with Gasteiger partial charge in [0, 0.05) is 6.54 Å². The van der Waals surface area contributed by atoms with Crippen molar-refractivity contribution in [1.82, 2.24) is 5.32 Å². The van der Waals surface area contributed by atoms with Gasteiger partial charge in [0.15, 0.2) is 0 Å². The molecule has 0 aromatic carbocycles. The number of ether oxygens (including phenoxy) is 1. The van der Waals surface area contributed by atoms with Crippen molar-refractivity contribution in [2.45, 2.75) is 19.4 Å². The van der Waals surface area contributed by atoms with Crippen molar-refractivity contribution in [3.05, 3.63) is 0 Å². The highest BCUT2D eigenvalue weighted by molar-refractivity contribution is 6.02. The highest BCUT2D eigenvalue weighted by Gasteiger charge is 2.42. The highest BCUT2D eigenvalue weighted by atomic mass is 16.5. The monoisotopic (exact) mass is 263 g/mol. The standard InChI is InChI=1S/C10H17NO7/c1-3-18-7(13)6(5-12)4-11-10(2,8(14)15)9(16)17/h6,11-12H,3-5H2,1-2H3,(H,14,15)(H,16,17). The maximum atomic E-state index is 11.3. The summed E-state index contributed by atoms with van der Waals surface area (Å²) in [5.74, 6) is -4.90. The molecule has 0 rings (SSSR count). The molecule has 1 atom stereocenters. The summed E-state index contributed by atoms with van der Waals surface area (Å²) in [5.41, 5.74) is -2.22. The second-order valence-electron chi connectivity index (χ2n) is 3.75. The summed E-state index contributed by atoms with van der Waals surface area (Å²) in [7, 11) is 0. The first-order valence-electron chi connectivity index (χ1n) is 5.28. The number of carbonyl (C=O) groups is 3. The van der Waals surface area contributed by atoms with Crippen molar-refractivity contribution < 1.29 is 34.4 Å². The van der Waals surface area contributed by atoms with E-state index in [4.69, 9.17) is 15.3 Å². The van der Waals surface area contributed by atoms with Crippen molar-refractivity contribution in [2.24, 2.45) is 5.92 Å². The summed E-state index contributed by atoms with van der Waals surface area (Å²) >= 11 is 0. The van der Waals surface area contributed by atoms with Crippen LogP contribution in [0.1, 0.15) is 13.8 Å². The Balaban J connectivity index is 4.64. The number of carbonyl (C=O) groups excluding carboxylic acids is 1. The lowest BCUT2D eigenvalue weighted by atomic mass is 10.0. The predicted molar refractivity (Wildman–Crippen MR) is 58.9 cm³/mol. The van der Waals surface area contributed by atoms with Gasteiger partial charge in [-0.3, -0.25) is 10.1 Å². The molecule has 0 bridgehead atoms. The molecule has 18 heavy (non-hydrogen) atoms. The van der Waals surface area contributed by atoms with Gasteiger partial charge >= 0.3 is 17.9 Å². The zero-order chi connectivity index (χ0) is 14.3. The first kappa shape index (κ1) is 16.3. The Kier molecular flexibility index (Phi) is 6.28. The van der Waals surface area contributed by atoms with Crippen LogP contribution in [0.4, 0.5) is 0 Å². The second-order valence-corrected chi connectivity index (χ2v) is 3.75. The number of rotatable bonds is 8. The molecule has 0 aliphatic carbocycles. The molecule has 0 spiro atoms. The molecule has 0 aliphatic heterocycles. The van der Waals surface area contributed by atoms with Crippen LogP contribution < -0.4 is 5.32 Å². The normalized spacial score (nSPS) is 12.8. The lowest BCUT2D eigenvalue weighted by Crippen LogP contribution is -2.57. The smallest absolute Gasteiger partial charge is 0.335 e. The van der Waals surface area contributed by atoms with Gasteiger partial charge in [-0.05, 0) is 13.8 Å². The SMILES string of the molecule is CCOC(=O)C(CO)CNC(C)(C(=O)O)C(=O)O. The van der Waals surface area contributed by atoms with E-state index >= 15 is 0 Å². The van der Waals surface area contributed by atoms with E-state index in [1.54, 1.807) is 6.92 Å². The lowest BCUT2D eigenvalue weighted by Gasteiger charge is -2.23. The van der Waals surface area contributed by atoms with E-state index in [-0.39, 0.29) is 13.2 Å². The summed E-state index contributed by atoms with van der Waals surface area (Å²) in [5, 5.41) is 28.8. The number of hydrogen-bond donors (Lipinski definition) is 4. The van der Waals surface area contributed by atoms with Gasteiger partial charge in [0.05, 0.1) is 19.1 Å². The number of carboxylic acids is 2. The minimum absolute atomic E-state index is 0.116. The van der Waals surface area contributed by atoms with Crippen LogP contribution in [0.3, 0.4) is 0 Å². The van der Waals surface area contributed by atoms with E-state index in [1.807, 2.05) is 0 Å². The zero-order valence-electron chi connectivity index (χ0n) is 10.2. The molecule has 104 valence electrons. The summed E-state index contributed by atoms with van der Waals surface area (Å²) in [4.78, 5) is 33.0. The van der Waals surface area contributed by atoms with Gasteiger partial charge < -0.3 is 20.1 Å². The fraction of sp³-hybridized carbons (Fsp3) is 0.700. The molecule has 1 unspecified atom stereocenters. The van der Waals surface area contributed by atoms with Crippen molar-refractivity contribution in [2.75, 3.05) is 19.8 Å². The third-order valence-electron chi connectivity index (χ3n) is 2.40.